The Morgan fingerprint density at radius 2 is 1.74 bits per heavy atom. The molecule has 0 saturated heterocycles. The monoisotopic (exact) mass is 379 g/mol. The van der Waals surface area contributed by atoms with Gasteiger partial charge in [-0.25, -0.2) is 13.8 Å². The molecule has 5 nitrogen and oxygen atoms in total. The zero-order chi connectivity index (χ0) is 18.8. The molecule has 0 aliphatic heterocycles. The number of aromatic nitrogens is 4. The molecule has 4 aromatic rings. The molecule has 2 N–H and O–H groups in total. The van der Waals surface area contributed by atoms with Gasteiger partial charge in [-0.15, -0.1) is 10.2 Å². The first kappa shape index (κ1) is 17.5. The number of hydrogen-bond donors (Lipinski definition) is 1. The van der Waals surface area contributed by atoms with Crippen LogP contribution in [-0.2, 0) is 12.2 Å². The molecule has 27 heavy (non-hydrogen) atoms. The third kappa shape index (κ3) is 3.64. The summed E-state index contributed by atoms with van der Waals surface area (Å²) < 4.78 is 14.9. The summed E-state index contributed by atoms with van der Waals surface area (Å²) in [4.78, 5) is 4.50. The van der Waals surface area contributed by atoms with Crippen molar-refractivity contribution in [3.63, 3.8) is 0 Å². The van der Waals surface area contributed by atoms with E-state index in [1.165, 1.54) is 29.5 Å². The minimum atomic E-state index is -0.244. The number of anilines is 1. The van der Waals surface area contributed by atoms with Crippen molar-refractivity contribution in [2.75, 3.05) is 5.73 Å². The second kappa shape index (κ2) is 7.36. The molecule has 0 aliphatic rings. The lowest BCUT2D eigenvalue weighted by Crippen LogP contribution is -2.07. The van der Waals surface area contributed by atoms with Gasteiger partial charge in [0.05, 0.1) is 0 Å². The highest BCUT2D eigenvalue weighted by Crippen LogP contribution is 2.27. The molecule has 0 spiro atoms. The van der Waals surface area contributed by atoms with Gasteiger partial charge in [-0.1, -0.05) is 54.2 Å². The number of aryl methyl sites for hydroxylation is 1. The summed E-state index contributed by atoms with van der Waals surface area (Å²) in [7, 11) is 0. The second-order valence-corrected chi connectivity index (χ2v) is 7.20. The summed E-state index contributed by atoms with van der Waals surface area (Å²) in [5, 5.41) is 9.36. The fraction of sp³-hybridized carbons (Fsp3) is 0.150. The predicted octanol–water partition coefficient (Wildman–Crippen LogP) is 4.04. The predicted molar refractivity (Wildman–Crippen MR) is 105 cm³/mol. The van der Waals surface area contributed by atoms with E-state index in [-0.39, 0.29) is 5.82 Å². The molecule has 2 heterocycles. The largest absolute Gasteiger partial charge is 0.369 e. The Bertz CT molecular complexity index is 1080. The van der Waals surface area contributed by atoms with Crippen LogP contribution in [0.15, 0.2) is 59.8 Å². The van der Waals surface area contributed by atoms with Crippen LogP contribution in [0.1, 0.15) is 22.4 Å². The number of benzene rings is 2. The Hall–Kier alpha value is -2.93. The van der Waals surface area contributed by atoms with Crippen LogP contribution in [0.5, 0.6) is 0 Å². The van der Waals surface area contributed by atoms with Crippen LogP contribution >= 0.6 is 11.8 Å². The van der Waals surface area contributed by atoms with Gasteiger partial charge in [0.15, 0.2) is 10.8 Å². The Balaban J connectivity index is 1.67. The van der Waals surface area contributed by atoms with E-state index < -0.39 is 0 Å². The molecule has 4 rings (SSSR count). The molecule has 2 aromatic heterocycles. The van der Waals surface area contributed by atoms with Gasteiger partial charge in [0.25, 0.3) is 0 Å². The number of nitrogens with two attached hydrogens (primary N) is 1. The third-order valence-electron chi connectivity index (χ3n) is 4.36. The first-order valence-electron chi connectivity index (χ1n) is 8.53. The van der Waals surface area contributed by atoms with Crippen LogP contribution in [0.4, 0.5) is 10.3 Å². The minimum absolute atomic E-state index is 0.244. The van der Waals surface area contributed by atoms with E-state index in [2.05, 4.69) is 27.3 Å². The number of nitrogens with zero attached hydrogens (tertiary/aromatic N) is 4. The van der Waals surface area contributed by atoms with E-state index >= 15 is 0 Å². The van der Waals surface area contributed by atoms with E-state index in [0.717, 1.165) is 22.5 Å². The average Bonchev–Trinajstić information content (AvgIpc) is 3.10. The zero-order valence-corrected chi connectivity index (χ0v) is 15.6. The van der Waals surface area contributed by atoms with Crippen molar-refractivity contribution in [1.29, 1.82) is 0 Å². The van der Waals surface area contributed by atoms with Gasteiger partial charge in [-0.2, -0.15) is 0 Å². The van der Waals surface area contributed by atoms with E-state index in [1.54, 1.807) is 16.5 Å². The second-order valence-electron chi connectivity index (χ2n) is 6.25. The number of halogens is 1. The quantitative estimate of drug-likeness (QED) is 0.530. The fourth-order valence-electron chi connectivity index (χ4n) is 2.95. The Labute approximate surface area is 160 Å². The summed E-state index contributed by atoms with van der Waals surface area (Å²) in [5.74, 6) is 0.764. The Kier molecular flexibility index (Phi) is 4.77. The highest BCUT2D eigenvalue weighted by atomic mass is 32.2. The topological polar surface area (TPSA) is 69.1 Å². The van der Waals surface area contributed by atoms with E-state index in [0.29, 0.717) is 23.3 Å². The van der Waals surface area contributed by atoms with Crippen molar-refractivity contribution in [2.24, 2.45) is 0 Å². The molecule has 0 unspecified atom stereocenters. The van der Waals surface area contributed by atoms with Crippen molar-refractivity contribution in [3.05, 3.63) is 82.8 Å². The van der Waals surface area contributed by atoms with Crippen LogP contribution < -0.4 is 5.73 Å². The molecule has 0 saturated carbocycles. The normalized spacial score (nSPS) is 11.2. The maximum Gasteiger partial charge on any atom is 0.208 e. The minimum Gasteiger partial charge on any atom is -0.369 e. The average molecular weight is 379 g/mol. The van der Waals surface area contributed by atoms with Gasteiger partial charge < -0.3 is 5.73 Å². The molecule has 136 valence electrons. The van der Waals surface area contributed by atoms with Crippen LogP contribution in [0.2, 0.25) is 0 Å². The number of rotatable bonds is 5. The van der Waals surface area contributed by atoms with Crippen molar-refractivity contribution in [3.8, 4) is 0 Å². The molecule has 0 fully saturated rings. The lowest BCUT2D eigenvalue weighted by atomic mass is 10.0. The van der Waals surface area contributed by atoms with Gasteiger partial charge >= 0.3 is 0 Å². The van der Waals surface area contributed by atoms with E-state index in [9.17, 15) is 4.39 Å². The van der Waals surface area contributed by atoms with Crippen LogP contribution in [0, 0.1) is 12.7 Å². The lowest BCUT2D eigenvalue weighted by Gasteiger charge is -2.10. The molecule has 2 aromatic carbocycles. The number of hydrogen-bond acceptors (Lipinski definition) is 5. The van der Waals surface area contributed by atoms with Crippen LogP contribution in [0.25, 0.3) is 5.65 Å². The number of fused-ring (bicyclic) bond motifs is 1. The van der Waals surface area contributed by atoms with Crippen molar-refractivity contribution >= 4 is 23.4 Å². The molecule has 0 aliphatic carbocycles. The smallest absolute Gasteiger partial charge is 0.208 e. The molecule has 0 amide bonds. The number of nitrogen functional groups attached to an aromatic ring is 1. The summed E-state index contributed by atoms with van der Waals surface area (Å²) in [6, 6.07) is 16.6. The fourth-order valence-corrected chi connectivity index (χ4v) is 3.85. The molecule has 0 atom stereocenters. The van der Waals surface area contributed by atoms with Gasteiger partial charge in [-0.3, -0.25) is 0 Å². The summed E-state index contributed by atoms with van der Waals surface area (Å²) in [6.45, 7) is 1.94. The zero-order valence-electron chi connectivity index (χ0n) is 14.8. The molecular weight excluding hydrogens is 361 g/mol. The molecule has 7 heteroatoms. The van der Waals surface area contributed by atoms with Gasteiger partial charge in [0, 0.05) is 23.4 Å². The SMILES string of the molecule is Cc1nc(N)n2c(SCc3ccc(F)cc3)nnc2c1Cc1ccccc1. The van der Waals surface area contributed by atoms with E-state index in [4.69, 9.17) is 5.73 Å². The highest BCUT2D eigenvalue weighted by molar-refractivity contribution is 7.98. The first-order chi connectivity index (χ1) is 13.1. The first-order valence-corrected chi connectivity index (χ1v) is 9.51. The molecule has 0 bridgehead atoms. The maximum absolute atomic E-state index is 13.1. The van der Waals surface area contributed by atoms with Crippen LogP contribution in [-0.4, -0.2) is 19.6 Å². The standard InChI is InChI=1S/C20H18FN5S/c1-13-17(11-14-5-3-2-4-6-14)18-24-25-20(26(18)19(22)23-13)27-12-15-7-9-16(21)10-8-15/h2-10H,11-12H2,1H3,(H2,22,23). The number of thioether (sulfide) groups is 1. The summed E-state index contributed by atoms with van der Waals surface area (Å²) in [5.41, 5.74) is 10.9. The third-order valence-corrected chi connectivity index (χ3v) is 5.36. The highest BCUT2D eigenvalue weighted by Gasteiger charge is 2.17. The van der Waals surface area contributed by atoms with Gasteiger partial charge in [-0.05, 0) is 30.2 Å². The van der Waals surface area contributed by atoms with Gasteiger partial charge in [0.2, 0.25) is 5.95 Å². The van der Waals surface area contributed by atoms with Crippen molar-refractivity contribution < 1.29 is 4.39 Å². The molecular formula is C20H18FN5S. The van der Waals surface area contributed by atoms with Gasteiger partial charge in [0.1, 0.15) is 5.82 Å². The Morgan fingerprint density at radius 3 is 2.48 bits per heavy atom. The maximum atomic E-state index is 13.1. The lowest BCUT2D eigenvalue weighted by molar-refractivity contribution is 0.627. The van der Waals surface area contributed by atoms with Crippen molar-refractivity contribution in [1.82, 2.24) is 19.6 Å². The van der Waals surface area contributed by atoms with Crippen LogP contribution in [0.3, 0.4) is 0 Å². The Morgan fingerprint density at radius 1 is 1.00 bits per heavy atom. The molecule has 0 radical (unpaired) electrons. The van der Waals surface area contributed by atoms with Crippen molar-refractivity contribution in [2.45, 2.75) is 24.3 Å². The summed E-state index contributed by atoms with van der Waals surface area (Å²) in [6.07, 6.45) is 0.713. The summed E-state index contributed by atoms with van der Waals surface area (Å²) >= 11 is 1.50. The van der Waals surface area contributed by atoms with E-state index in [1.807, 2.05) is 25.1 Å².